The first-order valence-corrected chi connectivity index (χ1v) is 10.7. The number of hydrogen-bond acceptors (Lipinski definition) is 5. The first-order valence-electron chi connectivity index (χ1n) is 9.86. The summed E-state index contributed by atoms with van der Waals surface area (Å²) in [6, 6.07) is 7.98. The molecule has 1 unspecified atom stereocenters. The van der Waals surface area contributed by atoms with E-state index < -0.39 is 0 Å². The molecule has 29 heavy (non-hydrogen) atoms. The molecule has 1 aromatic heterocycles. The molecule has 3 N–H and O–H groups in total. The quantitative estimate of drug-likeness (QED) is 0.603. The van der Waals surface area contributed by atoms with Crippen molar-refractivity contribution in [2.45, 2.75) is 51.5 Å². The second-order valence-electron chi connectivity index (χ2n) is 7.09. The zero-order valence-corrected chi connectivity index (χ0v) is 19.2. The van der Waals surface area contributed by atoms with Gasteiger partial charge in [-0.25, -0.2) is 4.98 Å². The van der Waals surface area contributed by atoms with Gasteiger partial charge in [-0.05, 0) is 49.9 Å². The first kappa shape index (κ1) is 25.7. The average molecular weight is 460 g/mol. The summed E-state index contributed by atoms with van der Waals surface area (Å²) in [6.45, 7) is 3.13. The van der Waals surface area contributed by atoms with Gasteiger partial charge in [0.05, 0.1) is 18.7 Å². The molecule has 5 nitrogen and oxygen atoms in total. The molecule has 1 atom stereocenters. The number of nitrogens with zero attached hydrogens (tertiary/aromatic N) is 1. The number of carbonyl (C=O) groups excluding carboxylic acids is 1. The number of carbonyl (C=O) groups is 1. The predicted octanol–water partition coefficient (Wildman–Crippen LogP) is 4.62. The lowest BCUT2D eigenvalue weighted by atomic mass is 9.84. The fourth-order valence-corrected chi connectivity index (χ4v) is 4.54. The fourth-order valence-electron chi connectivity index (χ4n) is 3.71. The Hall–Kier alpha value is -1.34. The Morgan fingerprint density at radius 3 is 2.55 bits per heavy atom. The molecule has 0 radical (unpaired) electrons. The van der Waals surface area contributed by atoms with Gasteiger partial charge in [-0.1, -0.05) is 19.3 Å². The number of hydrogen-bond donors (Lipinski definition) is 2. The zero-order chi connectivity index (χ0) is 19.1. The molecular formula is C21H31Cl2N3O2S. The minimum Gasteiger partial charge on any atom is -0.494 e. The molecule has 0 bridgehead atoms. The highest BCUT2D eigenvalue weighted by molar-refractivity contribution is 7.13. The minimum atomic E-state index is 0. The average Bonchev–Trinajstić information content (AvgIpc) is 3.16. The van der Waals surface area contributed by atoms with Gasteiger partial charge in [-0.15, -0.1) is 36.2 Å². The van der Waals surface area contributed by atoms with Crippen LogP contribution in [0.15, 0.2) is 29.6 Å². The van der Waals surface area contributed by atoms with E-state index in [2.05, 4.69) is 10.3 Å². The Bertz CT molecular complexity index is 734. The van der Waals surface area contributed by atoms with Crippen LogP contribution in [-0.2, 0) is 11.2 Å². The molecule has 0 spiro atoms. The van der Waals surface area contributed by atoms with Crippen LogP contribution < -0.4 is 15.8 Å². The molecule has 1 amide bonds. The molecule has 162 valence electrons. The number of rotatable bonds is 8. The minimum absolute atomic E-state index is 0. The Labute approximate surface area is 189 Å². The van der Waals surface area contributed by atoms with E-state index in [9.17, 15) is 4.79 Å². The lowest BCUT2D eigenvalue weighted by molar-refractivity contribution is -0.121. The van der Waals surface area contributed by atoms with Crippen molar-refractivity contribution < 1.29 is 9.53 Å². The van der Waals surface area contributed by atoms with E-state index in [0.29, 0.717) is 25.5 Å². The number of aromatic nitrogens is 1. The monoisotopic (exact) mass is 459 g/mol. The maximum atomic E-state index is 12.5. The van der Waals surface area contributed by atoms with Gasteiger partial charge in [0, 0.05) is 23.5 Å². The Kier molecular flexibility index (Phi) is 11.6. The first-order chi connectivity index (χ1) is 13.2. The van der Waals surface area contributed by atoms with Gasteiger partial charge in [0.1, 0.15) is 10.8 Å². The van der Waals surface area contributed by atoms with Crippen molar-refractivity contribution in [3.05, 3.63) is 35.3 Å². The Morgan fingerprint density at radius 1 is 1.24 bits per heavy atom. The molecule has 1 aromatic carbocycles. The summed E-state index contributed by atoms with van der Waals surface area (Å²) >= 11 is 1.56. The Morgan fingerprint density at radius 2 is 1.93 bits per heavy atom. The van der Waals surface area contributed by atoms with Crippen molar-refractivity contribution in [3.8, 4) is 16.3 Å². The number of ether oxygens (including phenoxy) is 1. The van der Waals surface area contributed by atoms with E-state index in [0.717, 1.165) is 22.0 Å². The predicted molar refractivity (Wildman–Crippen MR) is 124 cm³/mol. The van der Waals surface area contributed by atoms with Crippen molar-refractivity contribution in [3.63, 3.8) is 0 Å². The smallest absolute Gasteiger partial charge is 0.226 e. The van der Waals surface area contributed by atoms with Crippen LogP contribution in [0.25, 0.3) is 10.6 Å². The molecule has 0 aliphatic heterocycles. The molecule has 2 aromatic rings. The van der Waals surface area contributed by atoms with Gasteiger partial charge < -0.3 is 15.8 Å². The van der Waals surface area contributed by atoms with Crippen molar-refractivity contribution in [2.24, 2.45) is 11.7 Å². The highest BCUT2D eigenvalue weighted by atomic mass is 35.5. The van der Waals surface area contributed by atoms with E-state index in [1.54, 1.807) is 11.3 Å². The summed E-state index contributed by atoms with van der Waals surface area (Å²) in [4.78, 5) is 17.1. The number of halogens is 2. The number of amides is 1. The van der Waals surface area contributed by atoms with Crippen molar-refractivity contribution in [1.82, 2.24) is 10.3 Å². The van der Waals surface area contributed by atoms with Gasteiger partial charge in [0.15, 0.2) is 0 Å². The number of nitrogens with two attached hydrogens (primary N) is 1. The number of thiazole rings is 1. The summed E-state index contributed by atoms with van der Waals surface area (Å²) in [5.74, 6) is 1.38. The lowest BCUT2D eigenvalue weighted by Crippen LogP contribution is -2.46. The molecule has 3 rings (SSSR count). The van der Waals surface area contributed by atoms with Gasteiger partial charge in [0.25, 0.3) is 0 Å². The van der Waals surface area contributed by atoms with E-state index in [1.807, 2.05) is 36.6 Å². The standard InChI is InChI=1S/C21H29N3O2S.2ClH/c1-2-26-18-10-8-16(9-11-18)21-23-17(14-27-21)12-20(25)24-19(13-22)15-6-4-3-5-7-15;;/h8-11,14-15,19H,2-7,12-13,22H2,1H3,(H,24,25);2*1H. The van der Waals surface area contributed by atoms with Crippen LogP contribution >= 0.6 is 36.2 Å². The van der Waals surface area contributed by atoms with Crippen LogP contribution in [0.5, 0.6) is 5.75 Å². The SMILES string of the molecule is CCOc1ccc(-c2nc(CC(=O)NC(CN)C3CCCCC3)cs2)cc1.Cl.Cl. The van der Waals surface area contributed by atoms with Crippen LogP contribution in [0, 0.1) is 5.92 Å². The highest BCUT2D eigenvalue weighted by Gasteiger charge is 2.24. The van der Waals surface area contributed by atoms with E-state index in [4.69, 9.17) is 10.5 Å². The summed E-state index contributed by atoms with van der Waals surface area (Å²) in [5, 5.41) is 6.02. The number of nitrogens with one attached hydrogen (secondary N) is 1. The lowest BCUT2D eigenvalue weighted by Gasteiger charge is -2.30. The van der Waals surface area contributed by atoms with Gasteiger partial charge in [0.2, 0.25) is 5.91 Å². The third-order valence-electron chi connectivity index (χ3n) is 5.12. The van der Waals surface area contributed by atoms with Crippen LogP contribution in [0.1, 0.15) is 44.7 Å². The fraction of sp³-hybridized carbons (Fsp3) is 0.524. The molecule has 1 fully saturated rings. The summed E-state index contributed by atoms with van der Waals surface area (Å²) in [7, 11) is 0. The molecular weight excluding hydrogens is 429 g/mol. The maximum Gasteiger partial charge on any atom is 0.226 e. The normalized spacial score (nSPS) is 15.0. The third kappa shape index (κ3) is 7.45. The summed E-state index contributed by atoms with van der Waals surface area (Å²) < 4.78 is 5.47. The van der Waals surface area contributed by atoms with E-state index in [1.165, 1.54) is 32.1 Å². The van der Waals surface area contributed by atoms with Crippen LogP contribution in [0.3, 0.4) is 0 Å². The Balaban J connectivity index is 0.00000210. The number of benzene rings is 1. The largest absolute Gasteiger partial charge is 0.494 e. The summed E-state index contributed by atoms with van der Waals surface area (Å²) in [5.41, 5.74) is 7.77. The van der Waals surface area contributed by atoms with Gasteiger partial charge in [-0.3, -0.25) is 4.79 Å². The van der Waals surface area contributed by atoms with Crippen LogP contribution in [0.2, 0.25) is 0 Å². The van der Waals surface area contributed by atoms with Crippen molar-refractivity contribution >= 4 is 42.1 Å². The zero-order valence-electron chi connectivity index (χ0n) is 16.8. The maximum absolute atomic E-state index is 12.5. The van der Waals surface area contributed by atoms with Crippen LogP contribution in [0.4, 0.5) is 0 Å². The highest BCUT2D eigenvalue weighted by Crippen LogP contribution is 2.27. The summed E-state index contributed by atoms with van der Waals surface area (Å²) in [6.07, 6.45) is 6.43. The molecule has 1 heterocycles. The second-order valence-corrected chi connectivity index (χ2v) is 7.94. The topological polar surface area (TPSA) is 77.2 Å². The molecule has 8 heteroatoms. The third-order valence-corrected chi connectivity index (χ3v) is 6.07. The van der Waals surface area contributed by atoms with E-state index in [-0.39, 0.29) is 36.8 Å². The van der Waals surface area contributed by atoms with Crippen molar-refractivity contribution in [2.75, 3.05) is 13.2 Å². The molecule has 1 aliphatic carbocycles. The second kappa shape index (κ2) is 13.1. The molecule has 0 saturated heterocycles. The van der Waals surface area contributed by atoms with Crippen LogP contribution in [-0.4, -0.2) is 30.1 Å². The van der Waals surface area contributed by atoms with Gasteiger partial charge in [-0.2, -0.15) is 0 Å². The van der Waals surface area contributed by atoms with E-state index >= 15 is 0 Å². The van der Waals surface area contributed by atoms with Crippen molar-refractivity contribution in [1.29, 1.82) is 0 Å². The van der Waals surface area contributed by atoms with Gasteiger partial charge >= 0.3 is 0 Å². The molecule has 1 aliphatic rings. The molecule has 1 saturated carbocycles.